The van der Waals surface area contributed by atoms with Gasteiger partial charge in [0.2, 0.25) is 0 Å². The molecule has 21 heavy (non-hydrogen) atoms. The van der Waals surface area contributed by atoms with Crippen molar-refractivity contribution < 1.29 is 0 Å². The molecule has 0 fully saturated rings. The Bertz CT molecular complexity index is 803. The third-order valence-corrected chi connectivity index (χ3v) is 3.88. The second-order valence-corrected chi connectivity index (χ2v) is 5.13. The van der Waals surface area contributed by atoms with Gasteiger partial charge in [-0.3, -0.25) is 9.36 Å². The third-order valence-electron chi connectivity index (χ3n) is 3.88. The van der Waals surface area contributed by atoms with Gasteiger partial charge in [0.05, 0.1) is 17.8 Å². The van der Waals surface area contributed by atoms with E-state index < -0.39 is 0 Å². The zero-order chi connectivity index (χ0) is 15.0. The summed E-state index contributed by atoms with van der Waals surface area (Å²) in [6.45, 7) is 3.14. The summed E-state index contributed by atoms with van der Waals surface area (Å²) in [5.41, 5.74) is 2.94. The molecular weight excluding hydrogens is 266 g/mol. The topological polar surface area (TPSA) is 74.8 Å². The highest BCUT2D eigenvalue weighted by molar-refractivity contribution is 5.50. The van der Waals surface area contributed by atoms with E-state index in [-0.39, 0.29) is 5.56 Å². The number of nitriles is 1. The van der Waals surface area contributed by atoms with Crippen LogP contribution in [0.3, 0.4) is 0 Å². The summed E-state index contributed by atoms with van der Waals surface area (Å²) in [5.74, 6) is 0.739. The van der Waals surface area contributed by atoms with Crippen LogP contribution in [0.25, 0.3) is 0 Å². The van der Waals surface area contributed by atoms with E-state index in [1.54, 1.807) is 23.9 Å². The lowest BCUT2D eigenvalue weighted by molar-refractivity contribution is 0.654. The summed E-state index contributed by atoms with van der Waals surface area (Å²) < 4.78 is 1.58. The van der Waals surface area contributed by atoms with Gasteiger partial charge in [-0.15, -0.1) is 0 Å². The van der Waals surface area contributed by atoms with E-state index in [0.29, 0.717) is 12.2 Å². The minimum Gasteiger partial charge on any atom is -0.366 e. The van der Waals surface area contributed by atoms with E-state index in [1.807, 2.05) is 19.1 Å². The van der Waals surface area contributed by atoms with Gasteiger partial charge in [-0.1, -0.05) is 0 Å². The fourth-order valence-electron chi connectivity index (χ4n) is 2.58. The minimum absolute atomic E-state index is 0.0109. The zero-order valence-electron chi connectivity index (χ0n) is 12.0. The molecule has 0 N–H and O–H groups in total. The second kappa shape index (κ2) is 5.02. The zero-order valence-corrected chi connectivity index (χ0v) is 12.0. The van der Waals surface area contributed by atoms with E-state index >= 15 is 0 Å². The SMILES string of the molecule is Cc1nc2c(c(=O)n1C)CN(c1ccnc(C#N)c1)CC2. The van der Waals surface area contributed by atoms with Crippen LogP contribution in [-0.4, -0.2) is 21.1 Å². The van der Waals surface area contributed by atoms with Gasteiger partial charge >= 0.3 is 0 Å². The van der Waals surface area contributed by atoms with Gasteiger partial charge in [-0.05, 0) is 19.1 Å². The fraction of sp³-hybridized carbons (Fsp3) is 0.333. The van der Waals surface area contributed by atoms with Gasteiger partial charge in [-0.25, -0.2) is 9.97 Å². The summed E-state index contributed by atoms with van der Waals surface area (Å²) in [4.78, 5) is 22.9. The van der Waals surface area contributed by atoms with E-state index in [2.05, 4.69) is 14.9 Å². The Hall–Kier alpha value is -2.68. The summed E-state index contributed by atoms with van der Waals surface area (Å²) in [6.07, 6.45) is 2.35. The molecule has 6 heteroatoms. The molecule has 0 aromatic carbocycles. The molecule has 1 aliphatic heterocycles. The molecule has 6 nitrogen and oxygen atoms in total. The number of hydrogen-bond acceptors (Lipinski definition) is 5. The van der Waals surface area contributed by atoms with Crippen LogP contribution in [0.2, 0.25) is 0 Å². The average molecular weight is 281 g/mol. The number of anilines is 1. The molecule has 106 valence electrons. The molecule has 0 bridgehead atoms. The van der Waals surface area contributed by atoms with Crippen molar-refractivity contribution in [2.24, 2.45) is 7.05 Å². The van der Waals surface area contributed by atoms with E-state index in [4.69, 9.17) is 5.26 Å². The molecule has 0 saturated carbocycles. The largest absolute Gasteiger partial charge is 0.366 e. The molecular formula is C15H15N5O. The number of nitrogens with zero attached hydrogens (tertiary/aromatic N) is 5. The molecule has 0 unspecified atom stereocenters. The Kier molecular flexibility index (Phi) is 3.18. The highest BCUT2D eigenvalue weighted by Gasteiger charge is 2.22. The number of aryl methyl sites for hydroxylation is 1. The molecule has 0 saturated heterocycles. The summed E-state index contributed by atoms with van der Waals surface area (Å²) in [6, 6.07) is 5.64. The molecule has 1 aliphatic rings. The molecule has 0 spiro atoms. The monoisotopic (exact) mass is 281 g/mol. The average Bonchev–Trinajstić information content (AvgIpc) is 2.52. The van der Waals surface area contributed by atoms with Gasteiger partial charge < -0.3 is 4.90 Å². The molecule has 3 rings (SSSR count). The maximum atomic E-state index is 12.4. The van der Waals surface area contributed by atoms with Gasteiger partial charge in [0, 0.05) is 31.9 Å². The third kappa shape index (κ3) is 2.27. The Morgan fingerprint density at radius 1 is 1.43 bits per heavy atom. The van der Waals surface area contributed by atoms with E-state index in [0.717, 1.165) is 35.7 Å². The van der Waals surface area contributed by atoms with Crippen molar-refractivity contribution in [2.75, 3.05) is 11.4 Å². The van der Waals surface area contributed by atoms with Crippen molar-refractivity contribution in [3.8, 4) is 6.07 Å². The van der Waals surface area contributed by atoms with E-state index in [1.165, 1.54) is 0 Å². The maximum absolute atomic E-state index is 12.4. The smallest absolute Gasteiger partial charge is 0.258 e. The van der Waals surface area contributed by atoms with Crippen LogP contribution in [0, 0.1) is 18.3 Å². The Morgan fingerprint density at radius 2 is 2.24 bits per heavy atom. The van der Waals surface area contributed by atoms with Gasteiger partial charge in [0.25, 0.3) is 5.56 Å². The number of aromatic nitrogens is 3. The van der Waals surface area contributed by atoms with Crippen molar-refractivity contribution in [3.05, 3.63) is 51.5 Å². The second-order valence-electron chi connectivity index (χ2n) is 5.13. The predicted molar refractivity (Wildman–Crippen MR) is 77.9 cm³/mol. The summed E-state index contributed by atoms with van der Waals surface area (Å²) in [7, 11) is 1.74. The van der Waals surface area contributed by atoms with Crippen LogP contribution in [0.15, 0.2) is 23.1 Å². The predicted octanol–water partition coefficient (Wildman–Crippen LogP) is 0.918. The van der Waals surface area contributed by atoms with Crippen LogP contribution >= 0.6 is 0 Å². The normalized spacial score (nSPS) is 13.7. The minimum atomic E-state index is 0.0109. The first kappa shape index (κ1) is 13.3. The summed E-state index contributed by atoms with van der Waals surface area (Å²) in [5, 5.41) is 8.93. The van der Waals surface area contributed by atoms with Crippen LogP contribution in [-0.2, 0) is 20.0 Å². The fourth-order valence-corrected chi connectivity index (χ4v) is 2.58. The standard InChI is InChI=1S/C15H15N5O/c1-10-18-14-4-6-20(9-13(14)15(21)19(10)2)12-3-5-17-11(7-12)8-16/h3,5,7H,4,6,9H2,1-2H3. The maximum Gasteiger partial charge on any atom is 0.258 e. The number of rotatable bonds is 1. The molecule has 3 heterocycles. The van der Waals surface area contributed by atoms with Crippen LogP contribution in [0.1, 0.15) is 22.8 Å². The lowest BCUT2D eigenvalue weighted by Gasteiger charge is -2.30. The number of pyridine rings is 1. The van der Waals surface area contributed by atoms with Gasteiger partial charge in [0.15, 0.2) is 0 Å². The summed E-state index contributed by atoms with van der Waals surface area (Å²) >= 11 is 0. The molecule has 0 amide bonds. The van der Waals surface area contributed by atoms with Crippen molar-refractivity contribution in [3.63, 3.8) is 0 Å². The van der Waals surface area contributed by atoms with Crippen LogP contribution < -0.4 is 10.5 Å². The molecule has 2 aromatic heterocycles. The quantitative estimate of drug-likeness (QED) is 0.777. The Balaban J connectivity index is 2.00. The molecule has 0 atom stereocenters. The van der Waals surface area contributed by atoms with Gasteiger partial charge in [0.1, 0.15) is 17.6 Å². The lowest BCUT2D eigenvalue weighted by atomic mass is 10.1. The number of hydrogen-bond donors (Lipinski definition) is 0. The van der Waals surface area contributed by atoms with Gasteiger partial charge in [-0.2, -0.15) is 5.26 Å². The Morgan fingerprint density at radius 3 is 3.00 bits per heavy atom. The molecule has 0 aliphatic carbocycles. The first-order valence-corrected chi connectivity index (χ1v) is 6.76. The highest BCUT2D eigenvalue weighted by Crippen LogP contribution is 2.22. The van der Waals surface area contributed by atoms with Crippen LogP contribution in [0.4, 0.5) is 5.69 Å². The lowest BCUT2D eigenvalue weighted by Crippen LogP contribution is -2.38. The van der Waals surface area contributed by atoms with Crippen molar-refractivity contribution in [2.45, 2.75) is 19.9 Å². The number of fused-ring (bicyclic) bond motifs is 1. The Labute approximate surface area is 122 Å². The first-order valence-electron chi connectivity index (χ1n) is 6.76. The first-order chi connectivity index (χ1) is 10.1. The van der Waals surface area contributed by atoms with Crippen LogP contribution in [0.5, 0.6) is 0 Å². The highest BCUT2D eigenvalue weighted by atomic mass is 16.1. The molecule has 0 radical (unpaired) electrons. The van der Waals surface area contributed by atoms with Crippen molar-refractivity contribution >= 4 is 5.69 Å². The molecule has 2 aromatic rings. The van der Waals surface area contributed by atoms with E-state index in [9.17, 15) is 4.79 Å². The van der Waals surface area contributed by atoms with Crippen molar-refractivity contribution in [1.82, 2.24) is 14.5 Å². The van der Waals surface area contributed by atoms with Crippen molar-refractivity contribution in [1.29, 1.82) is 5.26 Å².